The summed E-state index contributed by atoms with van der Waals surface area (Å²) >= 11 is 0. The van der Waals surface area contributed by atoms with E-state index in [4.69, 9.17) is 4.42 Å². The average Bonchev–Trinajstić information content (AvgIpc) is 2.85. The average molecular weight is 250 g/mol. The molecular weight excluding hydrogens is 224 g/mol. The molecule has 1 aromatic heterocycles. The molecule has 0 saturated carbocycles. The van der Waals surface area contributed by atoms with Crippen LogP contribution in [0, 0.1) is 0 Å². The molecule has 0 spiro atoms. The van der Waals surface area contributed by atoms with Gasteiger partial charge in [0.15, 0.2) is 0 Å². The molecule has 1 fully saturated rings. The predicted octanol–water partition coefficient (Wildman–Crippen LogP) is 2.67. The molecule has 1 aromatic rings. The van der Waals surface area contributed by atoms with E-state index >= 15 is 0 Å². The standard InChI is InChI=1S/C15H26N2O/c1-5-15(4)11-17(13(3)10-16-15)12(2)9-14-7-6-8-18-14/h6-8,12-13,16H,5,9-11H2,1-4H3. The van der Waals surface area contributed by atoms with E-state index in [0.717, 1.165) is 25.3 Å². The second-order valence-corrected chi connectivity index (χ2v) is 5.95. The number of piperazine rings is 1. The van der Waals surface area contributed by atoms with Gasteiger partial charge in [0.05, 0.1) is 6.26 Å². The van der Waals surface area contributed by atoms with Crippen LogP contribution in [0.2, 0.25) is 0 Å². The van der Waals surface area contributed by atoms with Crippen LogP contribution in [0.25, 0.3) is 0 Å². The Kier molecular flexibility index (Phi) is 4.13. The lowest BCUT2D eigenvalue weighted by Crippen LogP contribution is -2.63. The second-order valence-electron chi connectivity index (χ2n) is 5.95. The number of rotatable bonds is 4. The molecule has 0 radical (unpaired) electrons. The Labute approximate surface area is 111 Å². The Bertz CT molecular complexity index is 363. The Hall–Kier alpha value is -0.800. The zero-order valence-corrected chi connectivity index (χ0v) is 12.1. The molecule has 18 heavy (non-hydrogen) atoms. The number of nitrogens with zero attached hydrogens (tertiary/aromatic N) is 1. The Morgan fingerprint density at radius 2 is 2.39 bits per heavy atom. The van der Waals surface area contributed by atoms with Crippen LogP contribution in [0.5, 0.6) is 0 Å². The molecule has 2 heterocycles. The van der Waals surface area contributed by atoms with Gasteiger partial charge in [-0.3, -0.25) is 4.90 Å². The van der Waals surface area contributed by atoms with Gasteiger partial charge in [-0.1, -0.05) is 6.92 Å². The number of hydrogen-bond donors (Lipinski definition) is 1. The van der Waals surface area contributed by atoms with E-state index in [0.29, 0.717) is 12.1 Å². The van der Waals surface area contributed by atoms with Gasteiger partial charge < -0.3 is 9.73 Å². The van der Waals surface area contributed by atoms with Gasteiger partial charge in [0.2, 0.25) is 0 Å². The van der Waals surface area contributed by atoms with Crippen molar-refractivity contribution < 1.29 is 4.42 Å². The van der Waals surface area contributed by atoms with E-state index in [1.165, 1.54) is 6.42 Å². The highest BCUT2D eigenvalue weighted by molar-refractivity contribution is 5.02. The minimum Gasteiger partial charge on any atom is -0.469 e. The van der Waals surface area contributed by atoms with E-state index in [9.17, 15) is 0 Å². The molecule has 0 aliphatic carbocycles. The normalized spacial score (nSPS) is 31.4. The van der Waals surface area contributed by atoms with Crippen molar-refractivity contribution in [3.8, 4) is 0 Å². The fraction of sp³-hybridized carbons (Fsp3) is 0.733. The molecule has 1 aliphatic rings. The van der Waals surface area contributed by atoms with Crippen LogP contribution in [0.3, 0.4) is 0 Å². The third-order valence-electron chi connectivity index (χ3n) is 4.35. The largest absolute Gasteiger partial charge is 0.469 e. The lowest BCUT2D eigenvalue weighted by Gasteiger charge is -2.47. The number of furan rings is 1. The van der Waals surface area contributed by atoms with E-state index in [1.807, 2.05) is 6.07 Å². The molecule has 1 N–H and O–H groups in total. The van der Waals surface area contributed by atoms with Crippen LogP contribution >= 0.6 is 0 Å². The van der Waals surface area contributed by atoms with Crippen LogP contribution in [-0.4, -0.2) is 35.6 Å². The summed E-state index contributed by atoms with van der Waals surface area (Å²) in [5.41, 5.74) is 0.254. The van der Waals surface area contributed by atoms with Crippen molar-refractivity contribution in [3.63, 3.8) is 0 Å². The first kappa shape index (κ1) is 13.6. The van der Waals surface area contributed by atoms with Gasteiger partial charge in [0.1, 0.15) is 5.76 Å². The van der Waals surface area contributed by atoms with Crippen LogP contribution in [0.15, 0.2) is 22.8 Å². The summed E-state index contributed by atoms with van der Waals surface area (Å²) in [6.45, 7) is 11.4. The van der Waals surface area contributed by atoms with Crippen LogP contribution in [0.1, 0.15) is 39.9 Å². The van der Waals surface area contributed by atoms with E-state index < -0.39 is 0 Å². The summed E-state index contributed by atoms with van der Waals surface area (Å²) in [7, 11) is 0. The Morgan fingerprint density at radius 3 is 3.00 bits per heavy atom. The van der Waals surface area contributed by atoms with Crippen molar-refractivity contribution in [2.24, 2.45) is 0 Å². The summed E-state index contributed by atoms with van der Waals surface area (Å²) in [4.78, 5) is 2.61. The Morgan fingerprint density at radius 1 is 1.61 bits per heavy atom. The minimum atomic E-state index is 0.254. The summed E-state index contributed by atoms with van der Waals surface area (Å²) in [6, 6.07) is 5.16. The SMILES string of the molecule is CCC1(C)CN(C(C)Cc2ccco2)C(C)CN1. The highest BCUT2D eigenvalue weighted by atomic mass is 16.3. The van der Waals surface area contributed by atoms with Gasteiger partial charge in [-0.25, -0.2) is 0 Å². The molecule has 3 unspecified atom stereocenters. The van der Waals surface area contributed by atoms with Gasteiger partial charge in [-0.2, -0.15) is 0 Å². The second kappa shape index (κ2) is 5.45. The van der Waals surface area contributed by atoms with Crippen molar-refractivity contribution >= 4 is 0 Å². The maximum Gasteiger partial charge on any atom is 0.105 e. The topological polar surface area (TPSA) is 28.4 Å². The van der Waals surface area contributed by atoms with Gasteiger partial charge in [-0.15, -0.1) is 0 Å². The number of nitrogens with one attached hydrogen (secondary N) is 1. The van der Waals surface area contributed by atoms with Crippen LogP contribution < -0.4 is 5.32 Å². The maximum atomic E-state index is 5.47. The molecule has 1 saturated heterocycles. The first-order valence-electron chi connectivity index (χ1n) is 7.07. The minimum absolute atomic E-state index is 0.254. The van der Waals surface area contributed by atoms with Crippen molar-refractivity contribution in [2.75, 3.05) is 13.1 Å². The van der Waals surface area contributed by atoms with Crippen molar-refractivity contribution in [3.05, 3.63) is 24.2 Å². The predicted molar refractivity (Wildman–Crippen MR) is 74.7 cm³/mol. The van der Waals surface area contributed by atoms with Crippen LogP contribution in [0.4, 0.5) is 0 Å². The molecule has 0 amide bonds. The van der Waals surface area contributed by atoms with E-state index in [1.54, 1.807) is 6.26 Å². The number of hydrogen-bond acceptors (Lipinski definition) is 3. The van der Waals surface area contributed by atoms with Crippen LogP contribution in [-0.2, 0) is 6.42 Å². The molecule has 3 nitrogen and oxygen atoms in total. The summed E-state index contributed by atoms with van der Waals surface area (Å²) in [5, 5.41) is 3.67. The third kappa shape index (κ3) is 2.96. The molecule has 3 heteroatoms. The highest BCUT2D eigenvalue weighted by Gasteiger charge is 2.34. The third-order valence-corrected chi connectivity index (χ3v) is 4.35. The maximum absolute atomic E-state index is 5.47. The molecule has 0 bridgehead atoms. The summed E-state index contributed by atoms with van der Waals surface area (Å²) in [6.07, 6.45) is 3.93. The quantitative estimate of drug-likeness (QED) is 0.890. The van der Waals surface area contributed by atoms with Crippen molar-refractivity contribution in [2.45, 2.75) is 58.2 Å². The smallest absolute Gasteiger partial charge is 0.105 e. The van der Waals surface area contributed by atoms with Gasteiger partial charge in [0, 0.05) is 37.1 Å². The molecular formula is C15H26N2O. The van der Waals surface area contributed by atoms with Gasteiger partial charge in [-0.05, 0) is 39.3 Å². The first-order valence-corrected chi connectivity index (χ1v) is 7.07. The Balaban J connectivity index is 2.01. The molecule has 102 valence electrons. The van der Waals surface area contributed by atoms with Gasteiger partial charge >= 0.3 is 0 Å². The van der Waals surface area contributed by atoms with E-state index in [-0.39, 0.29) is 5.54 Å². The lowest BCUT2D eigenvalue weighted by molar-refractivity contribution is 0.0582. The molecule has 0 aromatic carbocycles. The molecule has 1 aliphatic heterocycles. The summed E-state index contributed by atoms with van der Waals surface area (Å²) in [5.74, 6) is 1.09. The van der Waals surface area contributed by atoms with Crippen molar-refractivity contribution in [1.29, 1.82) is 0 Å². The van der Waals surface area contributed by atoms with Crippen molar-refractivity contribution in [1.82, 2.24) is 10.2 Å². The molecule has 3 atom stereocenters. The zero-order chi connectivity index (χ0) is 13.2. The first-order chi connectivity index (χ1) is 8.54. The lowest BCUT2D eigenvalue weighted by atomic mass is 9.92. The van der Waals surface area contributed by atoms with Gasteiger partial charge in [0.25, 0.3) is 0 Å². The fourth-order valence-corrected chi connectivity index (χ4v) is 2.79. The summed E-state index contributed by atoms with van der Waals surface area (Å²) < 4.78 is 5.47. The zero-order valence-electron chi connectivity index (χ0n) is 12.1. The van der Waals surface area contributed by atoms with E-state index in [2.05, 4.69) is 44.0 Å². The molecule has 2 rings (SSSR count). The fourth-order valence-electron chi connectivity index (χ4n) is 2.79. The monoisotopic (exact) mass is 250 g/mol. The highest BCUT2D eigenvalue weighted by Crippen LogP contribution is 2.22.